The number of aromatic nitrogens is 3. The van der Waals surface area contributed by atoms with Crippen LogP contribution in [0, 0.1) is 0 Å². The number of amides is 2. The summed E-state index contributed by atoms with van der Waals surface area (Å²) in [4.78, 5) is 66.3. The second kappa shape index (κ2) is 11.6. The maximum Gasteiger partial charge on any atom is 0.330 e. The molecule has 1 saturated heterocycles. The van der Waals surface area contributed by atoms with Crippen LogP contribution < -0.4 is 32.8 Å². The highest BCUT2D eigenvalue weighted by molar-refractivity contribution is 6.07. The van der Waals surface area contributed by atoms with Crippen molar-refractivity contribution in [2.75, 3.05) is 11.9 Å². The molecule has 2 amide bonds. The molecule has 0 spiro atoms. The number of rotatable bonds is 8. The van der Waals surface area contributed by atoms with E-state index in [1.807, 2.05) is 42.5 Å². The molecule has 0 bridgehead atoms. The quantitative estimate of drug-likeness (QED) is 0.261. The Morgan fingerprint density at radius 2 is 1.63 bits per heavy atom. The van der Waals surface area contributed by atoms with E-state index in [2.05, 4.69) is 20.9 Å². The number of anilines is 1. The Morgan fingerprint density at radius 3 is 2.34 bits per heavy atom. The highest BCUT2D eigenvalue weighted by atomic mass is 16.2. The first-order valence-electron chi connectivity index (χ1n) is 13.2. The molecular formula is C30H30N6O5. The van der Waals surface area contributed by atoms with Crippen LogP contribution in [0.4, 0.5) is 5.82 Å². The van der Waals surface area contributed by atoms with Gasteiger partial charge in [0.1, 0.15) is 11.4 Å². The van der Waals surface area contributed by atoms with Gasteiger partial charge in [-0.05, 0) is 41.3 Å². The normalized spacial score (nSPS) is 14.6. The van der Waals surface area contributed by atoms with Crippen LogP contribution >= 0.6 is 0 Å². The topological polar surface area (TPSA) is 147 Å². The molecular weight excluding hydrogens is 524 g/mol. The van der Waals surface area contributed by atoms with Crippen molar-refractivity contribution in [3.05, 3.63) is 109 Å². The van der Waals surface area contributed by atoms with E-state index < -0.39 is 22.7 Å². The van der Waals surface area contributed by atoms with Gasteiger partial charge in [-0.25, -0.2) is 4.79 Å². The Kier molecular flexibility index (Phi) is 7.79. The summed E-state index contributed by atoms with van der Waals surface area (Å²) in [6, 6.07) is 20.0. The molecule has 0 saturated carbocycles. The lowest BCUT2D eigenvalue weighted by Crippen LogP contribution is -2.42. The number of hydrogen-bond acceptors (Lipinski definition) is 6. The standard InChI is InChI=1S/C30H30N6O5/c1-35-26(20-10-6-9-19(15-20)18-7-4-3-5-8-18)25(29(40)36(2)30(35)41)28(39)34-23-13-11-21(27(38)33-23)16-31-17-22-12-14-24(37)32-22/h3-11,13,15,22,31H,12,14,16-17H2,1-2H3,(H,32,37)(H2,33,34,38,39). The van der Waals surface area contributed by atoms with Crippen molar-refractivity contribution in [1.29, 1.82) is 0 Å². The molecule has 4 aromatic rings. The summed E-state index contributed by atoms with van der Waals surface area (Å²) in [5, 5.41) is 8.63. The average Bonchev–Trinajstić information content (AvgIpc) is 3.40. The summed E-state index contributed by atoms with van der Waals surface area (Å²) >= 11 is 0. The predicted molar refractivity (Wildman–Crippen MR) is 156 cm³/mol. The van der Waals surface area contributed by atoms with Crippen molar-refractivity contribution in [3.63, 3.8) is 0 Å². The zero-order chi connectivity index (χ0) is 29.1. The van der Waals surface area contributed by atoms with Crippen molar-refractivity contribution < 1.29 is 9.59 Å². The van der Waals surface area contributed by atoms with Crippen LogP contribution in [0.2, 0.25) is 0 Å². The lowest BCUT2D eigenvalue weighted by molar-refractivity contribution is -0.119. The minimum absolute atomic E-state index is 0.0233. The maximum absolute atomic E-state index is 13.5. The van der Waals surface area contributed by atoms with Crippen LogP contribution in [-0.2, 0) is 25.4 Å². The zero-order valence-electron chi connectivity index (χ0n) is 22.7. The highest BCUT2D eigenvalue weighted by Gasteiger charge is 2.24. The number of nitrogens with one attached hydrogen (secondary N) is 4. The molecule has 1 atom stereocenters. The van der Waals surface area contributed by atoms with Gasteiger partial charge in [0, 0.05) is 45.2 Å². The maximum atomic E-state index is 13.5. The van der Waals surface area contributed by atoms with Crippen LogP contribution in [0.3, 0.4) is 0 Å². The average molecular weight is 555 g/mol. The molecule has 2 aromatic heterocycles. The van der Waals surface area contributed by atoms with Gasteiger partial charge in [0.25, 0.3) is 17.0 Å². The lowest BCUT2D eigenvalue weighted by atomic mass is 9.99. The number of benzene rings is 2. The number of carbonyl (C=O) groups excluding carboxylic acids is 2. The fraction of sp³-hybridized carbons (Fsp3) is 0.233. The first kappa shape index (κ1) is 27.5. The second-order valence-corrected chi connectivity index (χ2v) is 9.99. The van der Waals surface area contributed by atoms with Gasteiger partial charge >= 0.3 is 5.69 Å². The molecule has 11 heteroatoms. The number of nitrogens with zero attached hydrogens (tertiary/aromatic N) is 2. The van der Waals surface area contributed by atoms with E-state index in [1.54, 1.807) is 18.2 Å². The van der Waals surface area contributed by atoms with Gasteiger partial charge in [0.05, 0.1) is 5.69 Å². The molecule has 1 fully saturated rings. The van der Waals surface area contributed by atoms with Crippen molar-refractivity contribution in [3.8, 4) is 22.4 Å². The largest absolute Gasteiger partial charge is 0.352 e. The number of hydrogen-bond donors (Lipinski definition) is 4. The monoisotopic (exact) mass is 554 g/mol. The fourth-order valence-corrected chi connectivity index (χ4v) is 4.98. The lowest BCUT2D eigenvalue weighted by Gasteiger charge is -2.16. The molecule has 5 rings (SSSR count). The molecule has 1 aliphatic rings. The molecule has 0 aliphatic carbocycles. The van der Waals surface area contributed by atoms with Crippen LogP contribution in [0.1, 0.15) is 28.8 Å². The summed E-state index contributed by atoms with van der Waals surface area (Å²) in [6.07, 6.45) is 1.25. The van der Waals surface area contributed by atoms with E-state index in [1.165, 1.54) is 24.7 Å². The molecule has 210 valence electrons. The van der Waals surface area contributed by atoms with Crippen LogP contribution in [0.25, 0.3) is 22.4 Å². The SMILES string of the molecule is Cn1c(-c2cccc(-c3ccccc3)c2)c(C(=O)Nc2ccc(CNCC3CCC(=O)N3)c(=O)[nH]2)c(=O)n(C)c1=O. The van der Waals surface area contributed by atoms with E-state index in [-0.39, 0.29) is 35.6 Å². The molecule has 3 heterocycles. The summed E-state index contributed by atoms with van der Waals surface area (Å²) in [5.74, 6) is -0.637. The van der Waals surface area contributed by atoms with Crippen LogP contribution in [0.5, 0.6) is 0 Å². The molecule has 11 nitrogen and oxygen atoms in total. The summed E-state index contributed by atoms with van der Waals surface area (Å²) < 4.78 is 2.15. The minimum atomic E-state index is -0.764. The summed E-state index contributed by atoms with van der Waals surface area (Å²) in [6.45, 7) is 0.813. The van der Waals surface area contributed by atoms with Gasteiger partial charge in [-0.1, -0.05) is 48.5 Å². The number of aromatic amines is 1. The van der Waals surface area contributed by atoms with Gasteiger partial charge in [-0.3, -0.25) is 28.3 Å². The number of carbonyl (C=O) groups is 2. The third-order valence-electron chi connectivity index (χ3n) is 7.17. The smallest absolute Gasteiger partial charge is 0.330 e. The summed E-state index contributed by atoms with van der Waals surface area (Å²) in [5.41, 5.74) is 0.948. The van der Waals surface area contributed by atoms with Gasteiger partial charge in [0.2, 0.25) is 5.91 Å². The third-order valence-corrected chi connectivity index (χ3v) is 7.17. The van der Waals surface area contributed by atoms with Gasteiger partial charge < -0.3 is 20.9 Å². The van der Waals surface area contributed by atoms with Crippen molar-refractivity contribution in [1.82, 2.24) is 24.8 Å². The highest BCUT2D eigenvalue weighted by Crippen LogP contribution is 2.27. The minimum Gasteiger partial charge on any atom is -0.352 e. The van der Waals surface area contributed by atoms with Gasteiger partial charge in [-0.2, -0.15) is 0 Å². The van der Waals surface area contributed by atoms with Crippen LogP contribution in [-0.4, -0.2) is 38.5 Å². The molecule has 2 aromatic carbocycles. The Balaban J connectivity index is 1.42. The van der Waals surface area contributed by atoms with Crippen molar-refractivity contribution >= 4 is 17.6 Å². The second-order valence-electron chi connectivity index (χ2n) is 9.99. The predicted octanol–water partition coefficient (Wildman–Crippen LogP) is 1.73. The molecule has 0 radical (unpaired) electrons. The summed E-state index contributed by atoms with van der Waals surface area (Å²) in [7, 11) is 2.82. The van der Waals surface area contributed by atoms with Crippen molar-refractivity contribution in [2.45, 2.75) is 25.4 Å². The van der Waals surface area contributed by atoms with Gasteiger partial charge in [0.15, 0.2) is 0 Å². The van der Waals surface area contributed by atoms with Crippen LogP contribution in [0.15, 0.2) is 81.1 Å². The molecule has 4 N–H and O–H groups in total. The Bertz CT molecular complexity index is 1810. The van der Waals surface area contributed by atoms with E-state index in [4.69, 9.17) is 0 Å². The molecule has 1 aliphatic heterocycles. The fourth-order valence-electron chi connectivity index (χ4n) is 4.98. The first-order chi connectivity index (χ1) is 19.7. The molecule has 41 heavy (non-hydrogen) atoms. The van der Waals surface area contributed by atoms with E-state index in [0.29, 0.717) is 24.1 Å². The Labute approximate surface area is 234 Å². The van der Waals surface area contributed by atoms with E-state index in [0.717, 1.165) is 22.1 Å². The number of pyridine rings is 1. The van der Waals surface area contributed by atoms with Crippen molar-refractivity contribution in [2.24, 2.45) is 14.1 Å². The first-order valence-corrected chi connectivity index (χ1v) is 13.2. The Morgan fingerprint density at radius 1 is 0.902 bits per heavy atom. The zero-order valence-corrected chi connectivity index (χ0v) is 22.7. The Hall–Kier alpha value is -5.03. The van der Waals surface area contributed by atoms with E-state index >= 15 is 0 Å². The van der Waals surface area contributed by atoms with E-state index in [9.17, 15) is 24.0 Å². The van der Waals surface area contributed by atoms with Gasteiger partial charge in [-0.15, -0.1) is 0 Å². The third kappa shape index (κ3) is 5.80. The number of H-pyrrole nitrogens is 1. The molecule has 1 unspecified atom stereocenters.